The van der Waals surface area contributed by atoms with Crippen LogP contribution < -0.4 is 14.7 Å². The van der Waals surface area contributed by atoms with Gasteiger partial charge in [-0.05, 0) is 143 Å². The van der Waals surface area contributed by atoms with Gasteiger partial charge in [0.15, 0.2) is 17.5 Å². The molecule has 0 aliphatic heterocycles. The fourth-order valence-corrected chi connectivity index (χ4v) is 9.67. The lowest BCUT2D eigenvalue weighted by atomic mass is 10.0. The van der Waals surface area contributed by atoms with E-state index in [2.05, 4.69) is 175 Å². The molecule has 0 aliphatic rings. The second kappa shape index (κ2) is 22.7. The average Bonchev–Trinajstić information content (AvgIpc) is 3.58. The Hall–Kier alpha value is -11.4. The predicted molar refractivity (Wildman–Crippen MR) is 323 cm³/mol. The van der Waals surface area contributed by atoms with Crippen LogP contribution in [0, 0.1) is 0 Å². The highest BCUT2D eigenvalue weighted by Gasteiger charge is 2.19. The van der Waals surface area contributed by atoms with Gasteiger partial charge in [-0.1, -0.05) is 146 Å². The first kappa shape index (κ1) is 49.2. The molecule has 7 heterocycles. The fraction of sp³-hybridized carbons (Fsp3) is 0. The molecule has 0 atom stereocenters. The van der Waals surface area contributed by atoms with E-state index >= 15 is 0 Å². The van der Waals surface area contributed by atoms with Crippen molar-refractivity contribution in [2.75, 3.05) is 14.7 Å². The van der Waals surface area contributed by atoms with Crippen LogP contribution in [0.4, 0.5) is 52.0 Å². The van der Waals surface area contributed by atoms with Crippen LogP contribution in [-0.4, -0.2) is 44.9 Å². The van der Waals surface area contributed by atoms with Crippen molar-refractivity contribution < 1.29 is 0 Å². The van der Waals surface area contributed by atoms with Crippen molar-refractivity contribution >= 4 is 52.0 Å². The maximum atomic E-state index is 5.14. The van der Waals surface area contributed by atoms with Crippen molar-refractivity contribution in [2.24, 2.45) is 0 Å². The van der Waals surface area contributed by atoms with Gasteiger partial charge in [0.1, 0.15) is 34.9 Å². The molecule has 0 N–H and O–H groups in total. The normalized spacial score (nSPS) is 11.0. The smallest absolute Gasteiger partial charge is 0.164 e. The molecular formula is C69H48N12. The van der Waals surface area contributed by atoms with Gasteiger partial charge in [0.05, 0.1) is 0 Å². The summed E-state index contributed by atoms with van der Waals surface area (Å²) in [6.07, 6.45) is 10.8. The molecule has 13 rings (SSSR count). The summed E-state index contributed by atoms with van der Waals surface area (Å²) in [6.45, 7) is 0. The number of hydrogen-bond acceptors (Lipinski definition) is 12. The van der Waals surface area contributed by atoms with E-state index in [1.54, 1.807) is 37.2 Å². The third-order valence-corrected chi connectivity index (χ3v) is 13.7. The zero-order valence-electron chi connectivity index (χ0n) is 43.6. The van der Waals surface area contributed by atoms with Crippen LogP contribution in [0.3, 0.4) is 0 Å². The summed E-state index contributed by atoms with van der Waals surface area (Å²) < 4.78 is 0. The van der Waals surface area contributed by atoms with Crippen LogP contribution >= 0.6 is 0 Å². The van der Waals surface area contributed by atoms with Crippen LogP contribution in [0.2, 0.25) is 0 Å². The second-order valence-corrected chi connectivity index (χ2v) is 18.8. The van der Waals surface area contributed by atoms with E-state index in [1.807, 2.05) is 124 Å². The zero-order valence-corrected chi connectivity index (χ0v) is 43.6. The summed E-state index contributed by atoms with van der Waals surface area (Å²) >= 11 is 0. The number of aromatic nitrogens is 9. The van der Waals surface area contributed by atoms with Crippen molar-refractivity contribution in [3.63, 3.8) is 0 Å². The quantitative estimate of drug-likeness (QED) is 0.0970. The first-order valence-corrected chi connectivity index (χ1v) is 26.4. The van der Waals surface area contributed by atoms with Crippen LogP contribution in [0.25, 0.3) is 67.5 Å². The van der Waals surface area contributed by atoms with E-state index in [9.17, 15) is 0 Å². The Labute approximate surface area is 468 Å². The van der Waals surface area contributed by atoms with E-state index in [-0.39, 0.29) is 0 Å². The Morgan fingerprint density at radius 1 is 0.173 bits per heavy atom. The summed E-state index contributed by atoms with van der Waals surface area (Å²) in [4.78, 5) is 49.4. The van der Waals surface area contributed by atoms with E-state index in [0.717, 1.165) is 102 Å². The molecule has 6 aromatic carbocycles. The number of benzene rings is 6. The number of nitrogens with zero attached hydrogens (tertiary/aromatic N) is 12. The number of rotatable bonds is 15. The highest BCUT2D eigenvalue weighted by atomic mass is 15.3. The Bertz CT molecular complexity index is 3580. The molecular weight excluding hydrogens is 997 g/mol. The minimum atomic E-state index is 0.563. The Kier molecular flexibility index (Phi) is 13.8. The van der Waals surface area contributed by atoms with E-state index in [0.29, 0.717) is 17.5 Å². The molecule has 12 heteroatoms. The predicted octanol–water partition coefficient (Wildman–Crippen LogP) is 16.7. The minimum Gasteiger partial charge on any atom is -0.279 e. The molecule has 0 bridgehead atoms. The maximum absolute atomic E-state index is 5.14. The van der Waals surface area contributed by atoms with Gasteiger partial charge in [0.2, 0.25) is 0 Å². The Morgan fingerprint density at radius 2 is 0.346 bits per heavy atom. The molecule has 0 spiro atoms. The highest BCUT2D eigenvalue weighted by Crippen LogP contribution is 2.38. The topological polar surface area (TPSA) is 126 Å². The van der Waals surface area contributed by atoms with Gasteiger partial charge in [0, 0.05) is 70.9 Å². The van der Waals surface area contributed by atoms with Crippen LogP contribution in [0.1, 0.15) is 0 Å². The lowest BCUT2D eigenvalue weighted by Gasteiger charge is -2.23. The maximum Gasteiger partial charge on any atom is 0.164 e. The summed E-state index contributed by atoms with van der Waals surface area (Å²) in [7, 11) is 0. The van der Waals surface area contributed by atoms with Crippen molar-refractivity contribution in [1.82, 2.24) is 44.9 Å². The molecule has 384 valence electrons. The average molecular weight is 1050 g/mol. The zero-order chi connectivity index (χ0) is 54.2. The van der Waals surface area contributed by atoms with E-state index < -0.39 is 0 Å². The number of pyridine rings is 6. The molecule has 0 radical (unpaired) electrons. The number of hydrogen-bond donors (Lipinski definition) is 0. The third-order valence-electron chi connectivity index (χ3n) is 13.7. The Balaban J connectivity index is 0.807. The van der Waals surface area contributed by atoms with Crippen molar-refractivity contribution in [2.45, 2.75) is 0 Å². The summed E-state index contributed by atoms with van der Waals surface area (Å²) in [5.74, 6) is 6.38. The second-order valence-electron chi connectivity index (χ2n) is 18.8. The van der Waals surface area contributed by atoms with Crippen molar-refractivity contribution in [3.05, 3.63) is 292 Å². The molecule has 0 unspecified atom stereocenters. The van der Waals surface area contributed by atoms with Crippen molar-refractivity contribution in [1.29, 1.82) is 0 Å². The standard InChI is InChI=1S/C69H48N12/c1-7-43-70-61(13-1)79(62-14-2-8-44-71-62)58-37-31-52(32-38-58)49-19-25-55(26-20-49)67-76-68(56-27-21-50(22-28-56)53-33-39-59(40-34-53)80(63-15-3-9-45-72-63)64-16-4-10-46-73-64)78-69(77-67)57-29-23-51(24-30-57)54-35-41-60(42-36-54)81(65-17-5-11-47-74-65)66-18-6-12-48-75-66/h1-48H. The van der Waals surface area contributed by atoms with Crippen LogP contribution in [0.15, 0.2) is 292 Å². The molecule has 7 aromatic heterocycles. The molecule has 13 aromatic rings. The van der Waals surface area contributed by atoms with Gasteiger partial charge >= 0.3 is 0 Å². The molecule has 12 nitrogen and oxygen atoms in total. The van der Waals surface area contributed by atoms with Gasteiger partial charge in [-0.2, -0.15) is 0 Å². The van der Waals surface area contributed by atoms with Gasteiger partial charge in [0.25, 0.3) is 0 Å². The molecule has 0 amide bonds. The molecule has 81 heavy (non-hydrogen) atoms. The van der Waals surface area contributed by atoms with E-state index in [4.69, 9.17) is 15.0 Å². The molecule has 0 saturated carbocycles. The van der Waals surface area contributed by atoms with Gasteiger partial charge in [-0.3, -0.25) is 14.7 Å². The largest absolute Gasteiger partial charge is 0.279 e. The summed E-state index contributed by atoms with van der Waals surface area (Å²) in [6, 6.07) is 85.7. The summed E-state index contributed by atoms with van der Waals surface area (Å²) in [5, 5.41) is 0. The Morgan fingerprint density at radius 3 is 0.519 bits per heavy atom. The van der Waals surface area contributed by atoms with Crippen LogP contribution in [-0.2, 0) is 0 Å². The minimum absolute atomic E-state index is 0.563. The third kappa shape index (κ3) is 10.7. The first-order valence-electron chi connectivity index (χ1n) is 26.4. The number of anilines is 9. The van der Waals surface area contributed by atoms with Crippen molar-refractivity contribution in [3.8, 4) is 67.5 Å². The lowest BCUT2D eigenvalue weighted by Crippen LogP contribution is -2.12. The first-order chi connectivity index (χ1) is 40.1. The highest BCUT2D eigenvalue weighted by molar-refractivity contribution is 5.80. The lowest BCUT2D eigenvalue weighted by molar-refractivity contribution is 1.07. The fourth-order valence-electron chi connectivity index (χ4n) is 9.67. The summed E-state index contributed by atoms with van der Waals surface area (Å²) in [5.41, 5.74) is 11.8. The molecule has 0 fully saturated rings. The molecule has 0 saturated heterocycles. The van der Waals surface area contributed by atoms with Crippen LogP contribution in [0.5, 0.6) is 0 Å². The van der Waals surface area contributed by atoms with E-state index in [1.165, 1.54) is 0 Å². The van der Waals surface area contributed by atoms with Gasteiger partial charge in [-0.25, -0.2) is 44.9 Å². The SMILES string of the molecule is c1ccc(N(c2ccc(-c3ccc(-c4nc(-c5ccc(-c6ccc(N(c7ccccn7)c7ccccn7)cc6)cc5)nc(-c5ccc(-c6ccc(N(c7ccccn7)c7ccccn7)cc6)cc5)n4)cc3)cc2)c2ccccn2)nc1. The van der Waals surface area contributed by atoms with Gasteiger partial charge < -0.3 is 0 Å². The monoisotopic (exact) mass is 1040 g/mol. The van der Waals surface area contributed by atoms with Gasteiger partial charge in [-0.15, -0.1) is 0 Å². The molecule has 0 aliphatic carbocycles.